The molecule has 3 rings (SSSR count). The number of anilines is 1. The van der Waals surface area contributed by atoms with Gasteiger partial charge in [-0.15, -0.1) is 0 Å². The number of ether oxygens (including phenoxy) is 2. The first-order chi connectivity index (χ1) is 14.5. The van der Waals surface area contributed by atoms with Gasteiger partial charge in [0.25, 0.3) is 5.91 Å². The Bertz CT molecular complexity index is 1010. The Kier molecular flexibility index (Phi) is 7.34. The SMILES string of the molecule is COCCCOc1cc(/C=C/c2ccc(F)cc2)cc(C(=O)Nc2ccn(C)n2)c1. The van der Waals surface area contributed by atoms with Crippen molar-refractivity contribution in [3.05, 3.63) is 77.2 Å². The molecule has 30 heavy (non-hydrogen) atoms. The van der Waals surface area contributed by atoms with Gasteiger partial charge in [0.15, 0.2) is 5.82 Å². The summed E-state index contributed by atoms with van der Waals surface area (Å²) in [7, 11) is 3.42. The fraction of sp³-hybridized carbons (Fsp3) is 0.217. The maximum absolute atomic E-state index is 13.1. The second kappa shape index (κ2) is 10.4. The lowest BCUT2D eigenvalue weighted by Gasteiger charge is -2.10. The average molecular weight is 409 g/mol. The number of benzene rings is 2. The van der Waals surface area contributed by atoms with Crippen molar-refractivity contribution in [2.75, 3.05) is 25.6 Å². The first-order valence-corrected chi connectivity index (χ1v) is 9.55. The van der Waals surface area contributed by atoms with Crippen molar-refractivity contribution in [1.29, 1.82) is 0 Å². The maximum Gasteiger partial charge on any atom is 0.257 e. The highest BCUT2D eigenvalue weighted by Gasteiger charge is 2.11. The van der Waals surface area contributed by atoms with Crippen LogP contribution in [0.1, 0.15) is 27.9 Å². The number of rotatable bonds is 9. The van der Waals surface area contributed by atoms with Crippen molar-refractivity contribution in [3.8, 4) is 5.75 Å². The minimum Gasteiger partial charge on any atom is -0.493 e. The van der Waals surface area contributed by atoms with Gasteiger partial charge in [-0.1, -0.05) is 24.3 Å². The summed E-state index contributed by atoms with van der Waals surface area (Å²) in [5.41, 5.74) is 2.08. The molecule has 0 aliphatic carbocycles. The zero-order valence-corrected chi connectivity index (χ0v) is 17.0. The summed E-state index contributed by atoms with van der Waals surface area (Å²) >= 11 is 0. The zero-order chi connectivity index (χ0) is 21.3. The predicted molar refractivity (Wildman–Crippen MR) is 115 cm³/mol. The monoisotopic (exact) mass is 409 g/mol. The fourth-order valence-corrected chi connectivity index (χ4v) is 2.76. The van der Waals surface area contributed by atoms with Gasteiger partial charge in [0, 0.05) is 45.0 Å². The first kappa shape index (κ1) is 21.3. The van der Waals surface area contributed by atoms with Crippen LogP contribution in [-0.2, 0) is 11.8 Å². The third-order valence-corrected chi connectivity index (χ3v) is 4.25. The molecule has 1 amide bonds. The molecule has 1 N–H and O–H groups in total. The second-order valence-corrected chi connectivity index (χ2v) is 6.70. The van der Waals surface area contributed by atoms with Crippen LogP contribution < -0.4 is 10.1 Å². The van der Waals surface area contributed by atoms with Crippen molar-refractivity contribution >= 4 is 23.9 Å². The number of methoxy groups -OCH3 is 1. The molecule has 0 saturated carbocycles. The highest BCUT2D eigenvalue weighted by Crippen LogP contribution is 2.21. The van der Waals surface area contributed by atoms with E-state index in [0.29, 0.717) is 30.3 Å². The molecule has 156 valence electrons. The summed E-state index contributed by atoms with van der Waals surface area (Å²) < 4.78 is 25.5. The van der Waals surface area contributed by atoms with E-state index in [1.807, 2.05) is 18.2 Å². The summed E-state index contributed by atoms with van der Waals surface area (Å²) in [6.07, 6.45) is 6.19. The van der Waals surface area contributed by atoms with Crippen LogP contribution in [-0.4, -0.2) is 36.0 Å². The van der Waals surface area contributed by atoms with Crippen LogP contribution in [0.3, 0.4) is 0 Å². The number of aromatic nitrogens is 2. The fourth-order valence-electron chi connectivity index (χ4n) is 2.76. The van der Waals surface area contributed by atoms with Crippen LogP contribution in [0.4, 0.5) is 10.2 Å². The Morgan fingerprint density at radius 3 is 2.57 bits per heavy atom. The molecular formula is C23H24FN3O3. The van der Waals surface area contributed by atoms with Gasteiger partial charge in [-0.3, -0.25) is 9.48 Å². The molecule has 0 aliphatic rings. The third kappa shape index (κ3) is 6.28. The number of amides is 1. The Morgan fingerprint density at radius 1 is 1.10 bits per heavy atom. The maximum atomic E-state index is 13.1. The van der Waals surface area contributed by atoms with Gasteiger partial charge in [0.2, 0.25) is 0 Å². The number of hydrogen-bond donors (Lipinski definition) is 1. The molecule has 0 saturated heterocycles. The van der Waals surface area contributed by atoms with E-state index in [2.05, 4.69) is 10.4 Å². The number of hydrogen-bond acceptors (Lipinski definition) is 4. The van der Waals surface area contributed by atoms with Gasteiger partial charge in [-0.2, -0.15) is 5.10 Å². The Balaban J connectivity index is 1.81. The lowest BCUT2D eigenvalue weighted by atomic mass is 10.1. The molecule has 7 heteroatoms. The molecule has 0 fully saturated rings. The summed E-state index contributed by atoms with van der Waals surface area (Å²) in [4.78, 5) is 12.7. The minimum atomic E-state index is -0.285. The van der Waals surface area contributed by atoms with Crippen molar-refractivity contribution < 1.29 is 18.7 Å². The number of aryl methyl sites for hydroxylation is 1. The van der Waals surface area contributed by atoms with Crippen molar-refractivity contribution in [1.82, 2.24) is 9.78 Å². The topological polar surface area (TPSA) is 65.4 Å². The number of carbonyl (C=O) groups excluding carboxylic acids is 1. The molecule has 0 aliphatic heterocycles. The first-order valence-electron chi connectivity index (χ1n) is 9.55. The zero-order valence-electron chi connectivity index (χ0n) is 17.0. The number of carbonyl (C=O) groups is 1. The Morgan fingerprint density at radius 2 is 1.87 bits per heavy atom. The van der Waals surface area contributed by atoms with E-state index in [9.17, 15) is 9.18 Å². The smallest absolute Gasteiger partial charge is 0.257 e. The second-order valence-electron chi connectivity index (χ2n) is 6.70. The summed E-state index contributed by atoms with van der Waals surface area (Å²) in [6, 6.07) is 13.2. The molecule has 3 aromatic rings. The number of halogens is 1. The van der Waals surface area contributed by atoms with E-state index in [-0.39, 0.29) is 11.7 Å². The lowest BCUT2D eigenvalue weighted by molar-refractivity contribution is 0.102. The van der Waals surface area contributed by atoms with Crippen LogP contribution >= 0.6 is 0 Å². The summed E-state index contributed by atoms with van der Waals surface area (Å²) in [6.45, 7) is 1.07. The van der Waals surface area contributed by atoms with Crippen molar-refractivity contribution in [2.24, 2.45) is 7.05 Å². The van der Waals surface area contributed by atoms with Gasteiger partial charge < -0.3 is 14.8 Å². The molecule has 6 nitrogen and oxygen atoms in total. The Hall–Kier alpha value is -3.45. The molecule has 0 radical (unpaired) electrons. The summed E-state index contributed by atoms with van der Waals surface area (Å²) in [5.74, 6) is 0.482. The van der Waals surface area contributed by atoms with E-state index < -0.39 is 0 Å². The predicted octanol–water partition coefficient (Wildman–Crippen LogP) is 4.40. The van der Waals surface area contributed by atoms with E-state index in [4.69, 9.17) is 9.47 Å². The van der Waals surface area contributed by atoms with E-state index in [1.54, 1.807) is 55.4 Å². The molecule has 1 aromatic heterocycles. The Labute approximate surface area is 174 Å². The lowest BCUT2D eigenvalue weighted by Crippen LogP contribution is -2.13. The normalized spacial score (nSPS) is 11.0. The average Bonchev–Trinajstić information content (AvgIpc) is 3.15. The highest BCUT2D eigenvalue weighted by atomic mass is 19.1. The molecular weight excluding hydrogens is 385 g/mol. The third-order valence-electron chi connectivity index (χ3n) is 4.25. The van der Waals surface area contributed by atoms with Crippen molar-refractivity contribution in [2.45, 2.75) is 6.42 Å². The van der Waals surface area contributed by atoms with Gasteiger partial charge >= 0.3 is 0 Å². The van der Waals surface area contributed by atoms with Crippen LogP contribution in [0.15, 0.2) is 54.7 Å². The van der Waals surface area contributed by atoms with Gasteiger partial charge in [0.1, 0.15) is 11.6 Å². The van der Waals surface area contributed by atoms with E-state index >= 15 is 0 Å². The molecule has 0 bridgehead atoms. The largest absolute Gasteiger partial charge is 0.493 e. The van der Waals surface area contributed by atoms with Crippen LogP contribution in [0.25, 0.3) is 12.2 Å². The molecule has 1 heterocycles. The molecule has 0 spiro atoms. The summed E-state index contributed by atoms with van der Waals surface area (Å²) in [5, 5.41) is 6.95. The van der Waals surface area contributed by atoms with Crippen molar-refractivity contribution in [3.63, 3.8) is 0 Å². The van der Waals surface area contributed by atoms with Crippen LogP contribution in [0.5, 0.6) is 5.75 Å². The minimum absolute atomic E-state index is 0.285. The quantitative estimate of drug-likeness (QED) is 0.420. The highest BCUT2D eigenvalue weighted by molar-refractivity contribution is 6.04. The van der Waals surface area contributed by atoms with Crippen LogP contribution in [0, 0.1) is 5.82 Å². The van der Waals surface area contributed by atoms with Gasteiger partial charge in [0.05, 0.1) is 6.61 Å². The van der Waals surface area contributed by atoms with Gasteiger partial charge in [-0.25, -0.2) is 4.39 Å². The van der Waals surface area contributed by atoms with E-state index in [1.165, 1.54) is 12.1 Å². The van der Waals surface area contributed by atoms with Gasteiger partial charge in [-0.05, 0) is 41.5 Å². The van der Waals surface area contributed by atoms with E-state index in [0.717, 1.165) is 17.5 Å². The molecule has 0 atom stereocenters. The standard InChI is InChI=1S/C23H24FN3O3/c1-27-11-10-22(26-27)25-23(28)19-14-18(5-4-17-6-8-20(24)9-7-17)15-21(16-19)30-13-3-12-29-2/h4-11,14-16H,3,12-13H2,1-2H3,(H,25,26,28)/b5-4+. The number of nitrogens with zero attached hydrogens (tertiary/aromatic N) is 2. The van der Waals surface area contributed by atoms with Crippen LogP contribution in [0.2, 0.25) is 0 Å². The number of nitrogens with one attached hydrogen (secondary N) is 1. The molecule has 0 unspecified atom stereocenters. The molecule has 2 aromatic carbocycles.